The molecule has 0 saturated carbocycles. The second-order valence-corrected chi connectivity index (χ2v) is 2.38. The molecule has 0 aliphatic heterocycles. The van der Waals surface area contributed by atoms with Crippen LogP contribution in [0.3, 0.4) is 0 Å². The molecule has 1 heterocycles. The van der Waals surface area contributed by atoms with Gasteiger partial charge >= 0.3 is 0 Å². The third-order valence-electron chi connectivity index (χ3n) is 0.611. The van der Waals surface area contributed by atoms with Crippen molar-refractivity contribution in [3.8, 4) is 0 Å². The maximum absolute atomic E-state index is 6.49. The summed E-state index contributed by atoms with van der Waals surface area (Å²) in [5.41, 5.74) is 6.49. The lowest BCUT2D eigenvalue weighted by Gasteiger charge is -1.67. The average molecular weight is 128 g/mol. The van der Waals surface area contributed by atoms with E-state index in [0.29, 0.717) is 5.13 Å². The minimum absolute atomic E-state index is 0.419. The van der Waals surface area contributed by atoms with Gasteiger partial charge in [-0.15, -0.1) is 15.3 Å². The van der Waals surface area contributed by atoms with E-state index in [-0.39, 0.29) is 0 Å². The summed E-state index contributed by atoms with van der Waals surface area (Å²) >= 11 is 1.31. The van der Waals surface area contributed by atoms with Crippen molar-refractivity contribution in [3.63, 3.8) is 0 Å². The molecule has 0 spiro atoms. The molecule has 0 unspecified atom stereocenters. The number of aryl methyl sites for hydroxylation is 1. The maximum Gasteiger partial charge on any atom is 0.251 e. The van der Waals surface area contributed by atoms with Crippen LogP contribution < -0.4 is 0 Å². The smallest absolute Gasteiger partial charge is 0.202 e. The Morgan fingerprint density at radius 2 is 2.38 bits per heavy atom. The van der Waals surface area contributed by atoms with Crippen LogP contribution in [-0.2, 0) is 0 Å². The van der Waals surface area contributed by atoms with Crippen LogP contribution in [0, 0.1) is 12.5 Å². The summed E-state index contributed by atoms with van der Waals surface area (Å²) in [7, 11) is 0. The highest BCUT2D eigenvalue weighted by Gasteiger charge is 1.93. The fourth-order valence-corrected chi connectivity index (χ4v) is 0.804. The lowest BCUT2D eigenvalue weighted by atomic mass is 10.9. The number of nitrogens with one attached hydrogen (secondary N) is 1. The summed E-state index contributed by atoms with van der Waals surface area (Å²) in [6.07, 6.45) is 0. The monoisotopic (exact) mass is 128 g/mol. The number of hydrogen-bond donors (Lipinski definition) is 1. The molecule has 42 valence electrons. The second kappa shape index (κ2) is 1.95. The van der Waals surface area contributed by atoms with Gasteiger partial charge in [-0.3, -0.25) is 0 Å². The molecule has 1 aromatic heterocycles. The van der Waals surface area contributed by atoms with E-state index in [1.165, 1.54) is 11.3 Å². The molecule has 1 N–H and O–H groups in total. The first-order valence-electron chi connectivity index (χ1n) is 2.00. The molecule has 0 aliphatic carbocycles. The topological polar surface area (TPSA) is 62.0 Å². The summed E-state index contributed by atoms with van der Waals surface area (Å²) in [5, 5.41) is 11.5. The molecular weight excluding hydrogens is 124 g/mol. The fourth-order valence-electron chi connectivity index (χ4n) is 0.331. The average Bonchev–Trinajstić information content (AvgIpc) is 2.14. The first-order chi connectivity index (χ1) is 3.83. The van der Waals surface area contributed by atoms with Crippen LogP contribution in [0.25, 0.3) is 0 Å². The van der Waals surface area contributed by atoms with E-state index in [1.54, 1.807) is 0 Å². The van der Waals surface area contributed by atoms with Crippen LogP contribution in [0.1, 0.15) is 5.01 Å². The Hall–Kier alpha value is -0.840. The van der Waals surface area contributed by atoms with E-state index in [1.807, 2.05) is 6.92 Å². The van der Waals surface area contributed by atoms with E-state index in [0.717, 1.165) is 5.01 Å². The van der Waals surface area contributed by atoms with Crippen molar-refractivity contribution in [1.29, 1.82) is 5.53 Å². The van der Waals surface area contributed by atoms with Crippen LogP contribution in [0.4, 0.5) is 5.13 Å². The molecule has 0 amide bonds. The third-order valence-corrected chi connectivity index (χ3v) is 1.34. The Labute approximate surface area is 50.1 Å². The zero-order chi connectivity index (χ0) is 5.98. The van der Waals surface area contributed by atoms with Crippen molar-refractivity contribution in [2.75, 3.05) is 0 Å². The quantitative estimate of drug-likeness (QED) is 0.582. The Morgan fingerprint density at radius 1 is 1.62 bits per heavy atom. The predicted molar refractivity (Wildman–Crippen MR) is 29.5 cm³/mol. The number of nitrogens with zero attached hydrogens (tertiary/aromatic N) is 3. The highest BCUT2D eigenvalue weighted by Crippen LogP contribution is 2.15. The van der Waals surface area contributed by atoms with Gasteiger partial charge in [0.2, 0.25) is 0 Å². The molecular formula is C3H4N4S. The molecule has 4 nitrogen and oxygen atoms in total. The summed E-state index contributed by atoms with van der Waals surface area (Å²) in [5.74, 6) is 0. The Balaban J connectivity index is 3.00. The van der Waals surface area contributed by atoms with Crippen molar-refractivity contribution in [2.24, 2.45) is 5.11 Å². The van der Waals surface area contributed by atoms with Crippen molar-refractivity contribution in [2.45, 2.75) is 6.92 Å². The molecule has 0 aliphatic rings. The van der Waals surface area contributed by atoms with Crippen molar-refractivity contribution in [1.82, 2.24) is 10.2 Å². The van der Waals surface area contributed by atoms with Gasteiger partial charge in [0.05, 0.1) is 0 Å². The van der Waals surface area contributed by atoms with Crippen LogP contribution in [0.15, 0.2) is 5.11 Å². The SMILES string of the molecule is Cc1nnc(N=N)s1. The Bertz CT molecular complexity index is 193. The van der Waals surface area contributed by atoms with Gasteiger partial charge in [0.25, 0.3) is 5.13 Å². The van der Waals surface area contributed by atoms with E-state index >= 15 is 0 Å². The summed E-state index contributed by atoms with van der Waals surface area (Å²) in [4.78, 5) is 0. The van der Waals surface area contributed by atoms with E-state index < -0.39 is 0 Å². The lowest BCUT2D eigenvalue weighted by Crippen LogP contribution is -1.65. The van der Waals surface area contributed by atoms with E-state index in [9.17, 15) is 0 Å². The molecule has 0 fully saturated rings. The fraction of sp³-hybridized carbons (Fsp3) is 0.333. The number of aromatic nitrogens is 2. The van der Waals surface area contributed by atoms with Gasteiger partial charge < -0.3 is 0 Å². The summed E-state index contributed by atoms with van der Waals surface area (Å²) < 4.78 is 0. The third kappa shape index (κ3) is 0.865. The maximum atomic E-state index is 6.49. The molecule has 1 rings (SSSR count). The zero-order valence-electron chi connectivity index (χ0n) is 4.25. The van der Waals surface area contributed by atoms with Crippen LogP contribution in [0.2, 0.25) is 0 Å². The summed E-state index contributed by atoms with van der Waals surface area (Å²) in [6, 6.07) is 0. The van der Waals surface area contributed by atoms with Crippen LogP contribution in [0.5, 0.6) is 0 Å². The van der Waals surface area contributed by atoms with Gasteiger partial charge in [-0.25, -0.2) is 5.53 Å². The van der Waals surface area contributed by atoms with Gasteiger partial charge in [0, 0.05) is 0 Å². The first-order valence-corrected chi connectivity index (χ1v) is 2.82. The van der Waals surface area contributed by atoms with Crippen LogP contribution >= 0.6 is 11.3 Å². The van der Waals surface area contributed by atoms with Gasteiger partial charge in [-0.05, 0) is 6.92 Å². The molecule has 1 aromatic rings. The van der Waals surface area contributed by atoms with Crippen molar-refractivity contribution < 1.29 is 0 Å². The zero-order valence-corrected chi connectivity index (χ0v) is 5.07. The Kier molecular flexibility index (Phi) is 1.29. The van der Waals surface area contributed by atoms with Crippen molar-refractivity contribution in [3.05, 3.63) is 5.01 Å². The largest absolute Gasteiger partial charge is 0.251 e. The normalized spacial score (nSPS) is 9.12. The summed E-state index contributed by atoms with van der Waals surface area (Å²) in [6.45, 7) is 1.83. The second-order valence-electron chi connectivity index (χ2n) is 1.22. The Morgan fingerprint density at radius 3 is 2.62 bits per heavy atom. The minimum atomic E-state index is 0.419. The lowest BCUT2D eigenvalue weighted by molar-refractivity contribution is 1.01. The van der Waals surface area contributed by atoms with E-state index in [4.69, 9.17) is 5.53 Å². The molecule has 5 heteroatoms. The number of hydrogen-bond acceptors (Lipinski definition) is 5. The number of rotatable bonds is 1. The van der Waals surface area contributed by atoms with Crippen LogP contribution in [-0.4, -0.2) is 10.2 Å². The minimum Gasteiger partial charge on any atom is -0.202 e. The molecule has 0 aromatic carbocycles. The van der Waals surface area contributed by atoms with Gasteiger partial charge in [-0.1, -0.05) is 11.3 Å². The van der Waals surface area contributed by atoms with Gasteiger partial charge in [0.15, 0.2) is 0 Å². The van der Waals surface area contributed by atoms with E-state index in [2.05, 4.69) is 15.3 Å². The predicted octanol–water partition coefficient (Wildman–Crippen LogP) is 1.51. The standard InChI is InChI=1S/C3H4N4S/c1-2-6-7-3(5-4)8-2/h4H,1H3. The highest BCUT2D eigenvalue weighted by atomic mass is 32.1. The molecule has 8 heavy (non-hydrogen) atoms. The highest BCUT2D eigenvalue weighted by molar-refractivity contribution is 7.14. The molecule has 0 saturated heterocycles. The van der Waals surface area contributed by atoms with Gasteiger partial charge in [0.1, 0.15) is 5.01 Å². The molecule has 0 bridgehead atoms. The van der Waals surface area contributed by atoms with Gasteiger partial charge in [-0.2, -0.15) is 0 Å². The first kappa shape index (κ1) is 5.30. The molecule has 0 radical (unpaired) electrons. The molecule has 0 atom stereocenters. The van der Waals surface area contributed by atoms with Crippen molar-refractivity contribution >= 4 is 16.5 Å².